The van der Waals surface area contributed by atoms with Crippen LogP contribution in [0.5, 0.6) is 0 Å². The Kier molecular flexibility index (Phi) is 3.56. The summed E-state index contributed by atoms with van der Waals surface area (Å²) in [7, 11) is 1.77. The first-order valence-electron chi connectivity index (χ1n) is 4.64. The third kappa shape index (κ3) is 2.52. The molecule has 0 aliphatic carbocycles. The van der Waals surface area contributed by atoms with Crippen molar-refractivity contribution in [2.45, 2.75) is 26.8 Å². The van der Waals surface area contributed by atoms with Gasteiger partial charge in [0.25, 0.3) is 0 Å². The van der Waals surface area contributed by atoms with Crippen LogP contribution in [0.4, 0.5) is 0 Å². The first kappa shape index (κ1) is 10.6. The SMILES string of the molecule is CCc1ncncc1CN(C)C(C)=O. The molecule has 0 aromatic carbocycles. The Morgan fingerprint density at radius 3 is 2.86 bits per heavy atom. The molecule has 0 aliphatic rings. The normalized spacial score (nSPS) is 9.93. The average Bonchev–Trinajstić information content (AvgIpc) is 2.18. The second-order valence-electron chi connectivity index (χ2n) is 3.22. The summed E-state index contributed by atoms with van der Waals surface area (Å²) < 4.78 is 0. The molecule has 76 valence electrons. The van der Waals surface area contributed by atoms with E-state index in [0.717, 1.165) is 17.7 Å². The largest absolute Gasteiger partial charge is 0.342 e. The lowest BCUT2D eigenvalue weighted by Gasteiger charge is -2.15. The Labute approximate surface area is 84.0 Å². The zero-order chi connectivity index (χ0) is 10.6. The molecule has 1 aromatic heterocycles. The van der Waals surface area contributed by atoms with E-state index in [1.807, 2.05) is 6.92 Å². The van der Waals surface area contributed by atoms with E-state index < -0.39 is 0 Å². The zero-order valence-corrected chi connectivity index (χ0v) is 8.82. The third-order valence-electron chi connectivity index (χ3n) is 2.16. The van der Waals surface area contributed by atoms with Crippen LogP contribution >= 0.6 is 0 Å². The van der Waals surface area contributed by atoms with E-state index in [2.05, 4.69) is 9.97 Å². The second kappa shape index (κ2) is 4.69. The molecule has 0 unspecified atom stereocenters. The molecular weight excluding hydrogens is 178 g/mol. The quantitative estimate of drug-likeness (QED) is 0.720. The van der Waals surface area contributed by atoms with Gasteiger partial charge >= 0.3 is 0 Å². The number of hydrogen-bond acceptors (Lipinski definition) is 3. The van der Waals surface area contributed by atoms with Crippen molar-refractivity contribution in [3.8, 4) is 0 Å². The fourth-order valence-corrected chi connectivity index (χ4v) is 1.20. The molecule has 0 radical (unpaired) electrons. The molecule has 1 rings (SSSR count). The summed E-state index contributed by atoms with van der Waals surface area (Å²) in [4.78, 5) is 20.8. The Bertz CT molecular complexity index is 325. The van der Waals surface area contributed by atoms with Crippen LogP contribution in [0.1, 0.15) is 25.1 Å². The van der Waals surface area contributed by atoms with Crippen molar-refractivity contribution in [3.05, 3.63) is 23.8 Å². The van der Waals surface area contributed by atoms with Crippen LogP contribution in [-0.4, -0.2) is 27.8 Å². The summed E-state index contributed by atoms with van der Waals surface area (Å²) in [6.45, 7) is 4.17. The van der Waals surface area contributed by atoms with Gasteiger partial charge < -0.3 is 4.90 Å². The van der Waals surface area contributed by atoms with Crippen molar-refractivity contribution in [2.24, 2.45) is 0 Å². The highest BCUT2D eigenvalue weighted by molar-refractivity contribution is 5.72. The lowest BCUT2D eigenvalue weighted by molar-refractivity contribution is -0.128. The number of nitrogens with zero attached hydrogens (tertiary/aromatic N) is 3. The monoisotopic (exact) mass is 193 g/mol. The van der Waals surface area contributed by atoms with Gasteiger partial charge in [0.15, 0.2) is 0 Å². The Morgan fingerprint density at radius 1 is 1.57 bits per heavy atom. The number of aryl methyl sites for hydroxylation is 1. The standard InChI is InChI=1S/C10H15N3O/c1-4-10-9(5-11-7-12-10)6-13(3)8(2)14/h5,7H,4,6H2,1-3H3. The lowest BCUT2D eigenvalue weighted by atomic mass is 10.2. The molecule has 0 atom stereocenters. The molecule has 4 heteroatoms. The third-order valence-corrected chi connectivity index (χ3v) is 2.16. The Hall–Kier alpha value is -1.45. The smallest absolute Gasteiger partial charge is 0.219 e. The predicted molar refractivity (Wildman–Crippen MR) is 53.6 cm³/mol. The van der Waals surface area contributed by atoms with E-state index in [1.54, 1.807) is 25.1 Å². The highest BCUT2D eigenvalue weighted by Crippen LogP contribution is 2.07. The summed E-state index contributed by atoms with van der Waals surface area (Å²) in [6, 6.07) is 0. The van der Waals surface area contributed by atoms with Gasteiger partial charge in [-0.2, -0.15) is 0 Å². The minimum atomic E-state index is 0.0518. The summed E-state index contributed by atoms with van der Waals surface area (Å²) in [5, 5.41) is 0. The predicted octanol–water partition coefficient (Wildman–Crippen LogP) is 1.02. The Balaban J connectivity index is 2.80. The molecule has 0 saturated carbocycles. The van der Waals surface area contributed by atoms with Gasteiger partial charge in [0.2, 0.25) is 5.91 Å². The van der Waals surface area contributed by atoms with Crippen LogP contribution in [0.25, 0.3) is 0 Å². The number of carbonyl (C=O) groups excluding carboxylic acids is 1. The van der Waals surface area contributed by atoms with E-state index in [-0.39, 0.29) is 5.91 Å². The van der Waals surface area contributed by atoms with Crippen LogP contribution in [0.15, 0.2) is 12.5 Å². The summed E-state index contributed by atoms with van der Waals surface area (Å²) in [5.41, 5.74) is 2.03. The van der Waals surface area contributed by atoms with E-state index in [9.17, 15) is 4.79 Å². The van der Waals surface area contributed by atoms with Crippen LogP contribution in [0.2, 0.25) is 0 Å². The van der Waals surface area contributed by atoms with Gasteiger partial charge in [-0.25, -0.2) is 9.97 Å². The highest BCUT2D eigenvalue weighted by Gasteiger charge is 2.07. The van der Waals surface area contributed by atoms with Gasteiger partial charge in [-0.3, -0.25) is 4.79 Å². The van der Waals surface area contributed by atoms with Crippen LogP contribution in [-0.2, 0) is 17.8 Å². The van der Waals surface area contributed by atoms with Gasteiger partial charge in [0, 0.05) is 38.0 Å². The lowest BCUT2D eigenvalue weighted by Crippen LogP contribution is -2.24. The molecule has 1 heterocycles. The molecule has 0 fully saturated rings. The van der Waals surface area contributed by atoms with Crippen molar-refractivity contribution in [1.82, 2.24) is 14.9 Å². The summed E-state index contributed by atoms with van der Waals surface area (Å²) in [5.74, 6) is 0.0518. The molecule has 0 N–H and O–H groups in total. The fourth-order valence-electron chi connectivity index (χ4n) is 1.20. The highest BCUT2D eigenvalue weighted by atomic mass is 16.2. The van der Waals surface area contributed by atoms with Crippen molar-refractivity contribution in [1.29, 1.82) is 0 Å². The van der Waals surface area contributed by atoms with Gasteiger partial charge in [0.05, 0.1) is 0 Å². The minimum Gasteiger partial charge on any atom is -0.342 e. The van der Waals surface area contributed by atoms with Gasteiger partial charge in [-0.15, -0.1) is 0 Å². The molecule has 0 bridgehead atoms. The first-order valence-corrected chi connectivity index (χ1v) is 4.64. The molecule has 0 aliphatic heterocycles. The molecule has 0 saturated heterocycles. The maximum atomic E-state index is 11.0. The molecule has 14 heavy (non-hydrogen) atoms. The van der Waals surface area contributed by atoms with Crippen LogP contribution < -0.4 is 0 Å². The van der Waals surface area contributed by atoms with E-state index in [0.29, 0.717) is 6.54 Å². The number of amides is 1. The van der Waals surface area contributed by atoms with Gasteiger partial charge in [-0.1, -0.05) is 6.92 Å². The minimum absolute atomic E-state index is 0.0518. The van der Waals surface area contributed by atoms with Crippen molar-refractivity contribution in [2.75, 3.05) is 7.05 Å². The number of hydrogen-bond donors (Lipinski definition) is 0. The van der Waals surface area contributed by atoms with Crippen molar-refractivity contribution < 1.29 is 4.79 Å². The number of aromatic nitrogens is 2. The average molecular weight is 193 g/mol. The number of rotatable bonds is 3. The topological polar surface area (TPSA) is 46.1 Å². The van der Waals surface area contributed by atoms with E-state index >= 15 is 0 Å². The maximum Gasteiger partial charge on any atom is 0.219 e. The van der Waals surface area contributed by atoms with Gasteiger partial charge in [-0.05, 0) is 6.42 Å². The fraction of sp³-hybridized carbons (Fsp3) is 0.500. The molecule has 0 spiro atoms. The van der Waals surface area contributed by atoms with Crippen LogP contribution in [0, 0.1) is 0 Å². The first-order chi connectivity index (χ1) is 6.65. The zero-order valence-electron chi connectivity index (χ0n) is 8.82. The number of carbonyl (C=O) groups is 1. The summed E-state index contributed by atoms with van der Waals surface area (Å²) >= 11 is 0. The Morgan fingerprint density at radius 2 is 2.29 bits per heavy atom. The van der Waals surface area contributed by atoms with Gasteiger partial charge in [0.1, 0.15) is 6.33 Å². The summed E-state index contributed by atoms with van der Waals surface area (Å²) in [6.07, 6.45) is 4.17. The van der Waals surface area contributed by atoms with E-state index in [4.69, 9.17) is 0 Å². The van der Waals surface area contributed by atoms with Crippen molar-refractivity contribution in [3.63, 3.8) is 0 Å². The molecular formula is C10H15N3O. The van der Waals surface area contributed by atoms with E-state index in [1.165, 1.54) is 6.33 Å². The second-order valence-corrected chi connectivity index (χ2v) is 3.22. The maximum absolute atomic E-state index is 11.0. The molecule has 1 aromatic rings. The molecule has 4 nitrogen and oxygen atoms in total. The van der Waals surface area contributed by atoms with Crippen LogP contribution in [0.3, 0.4) is 0 Å². The van der Waals surface area contributed by atoms with Crippen molar-refractivity contribution >= 4 is 5.91 Å². The molecule has 1 amide bonds.